The van der Waals surface area contributed by atoms with Crippen LogP contribution < -0.4 is 0 Å². The Kier molecular flexibility index (Phi) is 3.23. The lowest BCUT2D eigenvalue weighted by Gasteiger charge is -2.06. The van der Waals surface area contributed by atoms with Crippen LogP contribution in [-0.2, 0) is 6.18 Å². The molecule has 0 radical (unpaired) electrons. The van der Waals surface area contributed by atoms with Crippen LogP contribution in [0.15, 0.2) is 24.3 Å². The summed E-state index contributed by atoms with van der Waals surface area (Å²) in [5, 5.41) is 7.01. The first kappa shape index (κ1) is 13.1. The molecule has 0 spiro atoms. The zero-order valence-corrected chi connectivity index (χ0v) is 10.7. The number of nitrogens with one attached hydrogen (secondary N) is 1. The number of benzene rings is 1. The minimum absolute atomic E-state index is 0.408. The maximum atomic E-state index is 12.5. The normalized spacial score (nSPS) is 16.8. The van der Waals surface area contributed by atoms with Gasteiger partial charge < -0.3 is 0 Å². The van der Waals surface area contributed by atoms with Crippen LogP contribution in [0.2, 0.25) is 0 Å². The zero-order chi connectivity index (χ0) is 14.2. The molecule has 1 aliphatic rings. The van der Waals surface area contributed by atoms with Crippen LogP contribution in [0.3, 0.4) is 0 Å². The van der Waals surface area contributed by atoms with Gasteiger partial charge in [0.25, 0.3) is 0 Å². The summed E-state index contributed by atoms with van der Waals surface area (Å²) in [6.45, 7) is 0. The molecule has 3 nitrogen and oxygen atoms in total. The molecule has 0 amide bonds. The molecule has 106 valence electrons. The van der Waals surface area contributed by atoms with E-state index < -0.39 is 11.7 Å². The van der Waals surface area contributed by atoms with Gasteiger partial charge in [-0.15, -0.1) is 0 Å². The van der Waals surface area contributed by atoms with Gasteiger partial charge in [0, 0.05) is 11.5 Å². The average Bonchev–Trinajstić information content (AvgIpc) is 3.09. The first-order valence-electron chi connectivity index (χ1n) is 6.64. The van der Waals surface area contributed by atoms with Crippen LogP contribution in [0.5, 0.6) is 0 Å². The van der Waals surface area contributed by atoms with Gasteiger partial charge in [-0.25, -0.2) is 4.98 Å². The van der Waals surface area contributed by atoms with Gasteiger partial charge in [-0.3, -0.25) is 5.10 Å². The van der Waals surface area contributed by atoms with E-state index in [-0.39, 0.29) is 0 Å². The van der Waals surface area contributed by atoms with Crippen molar-refractivity contribution in [2.45, 2.75) is 37.8 Å². The molecule has 20 heavy (non-hydrogen) atoms. The third-order valence-electron chi connectivity index (χ3n) is 3.72. The lowest BCUT2D eigenvalue weighted by atomic mass is 10.1. The van der Waals surface area contributed by atoms with Crippen LogP contribution in [0.1, 0.15) is 43.0 Å². The maximum absolute atomic E-state index is 12.5. The molecule has 1 saturated carbocycles. The Hall–Kier alpha value is -1.85. The fourth-order valence-electron chi connectivity index (χ4n) is 2.59. The highest BCUT2D eigenvalue weighted by molar-refractivity contribution is 5.55. The quantitative estimate of drug-likeness (QED) is 0.898. The number of aromatic amines is 1. The molecule has 3 rings (SSSR count). The van der Waals surface area contributed by atoms with E-state index in [9.17, 15) is 13.2 Å². The molecule has 2 aromatic rings. The number of rotatable bonds is 2. The fraction of sp³-hybridized carbons (Fsp3) is 0.429. The van der Waals surface area contributed by atoms with E-state index in [1.54, 1.807) is 0 Å². The van der Waals surface area contributed by atoms with Crippen molar-refractivity contribution in [3.8, 4) is 11.4 Å². The highest BCUT2D eigenvalue weighted by atomic mass is 19.4. The fourth-order valence-corrected chi connectivity index (χ4v) is 2.59. The van der Waals surface area contributed by atoms with E-state index in [1.807, 2.05) is 0 Å². The smallest absolute Gasteiger partial charge is 0.262 e. The van der Waals surface area contributed by atoms with E-state index in [0.717, 1.165) is 30.8 Å². The van der Waals surface area contributed by atoms with E-state index in [1.165, 1.54) is 25.0 Å². The maximum Gasteiger partial charge on any atom is 0.416 e. The summed E-state index contributed by atoms with van der Waals surface area (Å²) in [7, 11) is 0. The van der Waals surface area contributed by atoms with E-state index in [4.69, 9.17) is 0 Å². The topological polar surface area (TPSA) is 41.6 Å². The minimum Gasteiger partial charge on any atom is -0.262 e. The van der Waals surface area contributed by atoms with Gasteiger partial charge in [0.2, 0.25) is 0 Å². The Bertz CT molecular complexity index is 580. The van der Waals surface area contributed by atoms with Crippen molar-refractivity contribution in [1.82, 2.24) is 15.2 Å². The summed E-state index contributed by atoms with van der Waals surface area (Å²) < 4.78 is 37.5. The Labute approximate surface area is 114 Å². The van der Waals surface area contributed by atoms with E-state index in [0.29, 0.717) is 17.3 Å². The predicted molar refractivity (Wildman–Crippen MR) is 68.0 cm³/mol. The lowest BCUT2D eigenvalue weighted by Crippen LogP contribution is -2.04. The number of aromatic nitrogens is 3. The van der Waals surface area contributed by atoms with Crippen LogP contribution >= 0.6 is 0 Å². The molecule has 0 unspecified atom stereocenters. The number of H-pyrrole nitrogens is 1. The first-order chi connectivity index (χ1) is 9.54. The van der Waals surface area contributed by atoms with E-state index in [2.05, 4.69) is 15.2 Å². The molecule has 0 bridgehead atoms. The predicted octanol–water partition coefficient (Wildman–Crippen LogP) is 4.15. The number of hydrogen-bond acceptors (Lipinski definition) is 2. The SMILES string of the molecule is FC(F)(F)c1ccc(-c2n[nH]c(C3CCCC3)n2)cc1. The van der Waals surface area contributed by atoms with Crippen LogP contribution in [0.4, 0.5) is 13.2 Å². The van der Waals surface area contributed by atoms with Crippen molar-refractivity contribution in [2.24, 2.45) is 0 Å². The number of halogens is 3. The standard InChI is InChI=1S/C14H14F3N3/c15-14(16,17)11-7-5-10(6-8-11)13-18-12(19-20-13)9-3-1-2-4-9/h5-9H,1-4H2,(H,18,19,20). The third-order valence-corrected chi connectivity index (χ3v) is 3.72. The van der Waals surface area contributed by atoms with Crippen molar-refractivity contribution in [2.75, 3.05) is 0 Å². The van der Waals surface area contributed by atoms with Crippen molar-refractivity contribution in [1.29, 1.82) is 0 Å². The van der Waals surface area contributed by atoms with Crippen molar-refractivity contribution < 1.29 is 13.2 Å². The summed E-state index contributed by atoms with van der Waals surface area (Å²) in [6, 6.07) is 4.93. The summed E-state index contributed by atoms with van der Waals surface area (Å²) in [5.74, 6) is 1.71. The average molecular weight is 281 g/mol. The molecule has 1 aromatic heterocycles. The van der Waals surface area contributed by atoms with Crippen LogP contribution in [0, 0.1) is 0 Å². The molecular weight excluding hydrogens is 267 g/mol. The second kappa shape index (κ2) is 4.92. The lowest BCUT2D eigenvalue weighted by molar-refractivity contribution is -0.137. The molecule has 6 heteroatoms. The second-order valence-corrected chi connectivity index (χ2v) is 5.10. The number of alkyl halides is 3. The molecule has 1 N–H and O–H groups in total. The summed E-state index contributed by atoms with van der Waals surface area (Å²) in [5.41, 5.74) is -0.0636. The summed E-state index contributed by atoms with van der Waals surface area (Å²) >= 11 is 0. The number of nitrogens with zero attached hydrogens (tertiary/aromatic N) is 2. The van der Waals surface area contributed by atoms with Gasteiger partial charge in [-0.2, -0.15) is 18.3 Å². The third kappa shape index (κ3) is 2.55. The molecule has 0 saturated heterocycles. The van der Waals surface area contributed by atoms with Gasteiger partial charge in [-0.1, -0.05) is 25.0 Å². The van der Waals surface area contributed by atoms with Gasteiger partial charge in [-0.05, 0) is 25.0 Å². The molecule has 1 aliphatic carbocycles. The Morgan fingerprint density at radius 3 is 2.30 bits per heavy atom. The Morgan fingerprint density at radius 1 is 1.05 bits per heavy atom. The van der Waals surface area contributed by atoms with Crippen LogP contribution in [-0.4, -0.2) is 15.2 Å². The molecule has 1 fully saturated rings. The van der Waals surface area contributed by atoms with Gasteiger partial charge in [0.1, 0.15) is 5.82 Å². The highest BCUT2D eigenvalue weighted by Crippen LogP contribution is 2.33. The Morgan fingerprint density at radius 2 is 1.70 bits per heavy atom. The van der Waals surface area contributed by atoms with Crippen molar-refractivity contribution in [3.63, 3.8) is 0 Å². The van der Waals surface area contributed by atoms with Crippen molar-refractivity contribution in [3.05, 3.63) is 35.7 Å². The Balaban J connectivity index is 1.82. The summed E-state index contributed by atoms with van der Waals surface area (Å²) in [4.78, 5) is 4.41. The molecule has 1 heterocycles. The molecule has 1 aromatic carbocycles. The molecular formula is C14H14F3N3. The second-order valence-electron chi connectivity index (χ2n) is 5.10. The van der Waals surface area contributed by atoms with Gasteiger partial charge >= 0.3 is 6.18 Å². The molecule has 0 aliphatic heterocycles. The molecule has 0 atom stereocenters. The monoisotopic (exact) mass is 281 g/mol. The highest BCUT2D eigenvalue weighted by Gasteiger charge is 2.30. The van der Waals surface area contributed by atoms with Gasteiger partial charge in [0.15, 0.2) is 5.82 Å². The number of hydrogen-bond donors (Lipinski definition) is 1. The van der Waals surface area contributed by atoms with E-state index >= 15 is 0 Å². The largest absolute Gasteiger partial charge is 0.416 e. The minimum atomic E-state index is -4.31. The van der Waals surface area contributed by atoms with Gasteiger partial charge in [0.05, 0.1) is 5.56 Å². The van der Waals surface area contributed by atoms with Crippen LogP contribution in [0.25, 0.3) is 11.4 Å². The first-order valence-corrected chi connectivity index (χ1v) is 6.64. The van der Waals surface area contributed by atoms with Crippen molar-refractivity contribution >= 4 is 0 Å². The zero-order valence-electron chi connectivity index (χ0n) is 10.7. The summed E-state index contributed by atoms with van der Waals surface area (Å²) in [6.07, 6.45) is 0.276.